The van der Waals surface area contributed by atoms with Gasteiger partial charge in [0.2, 0.25) is 0 Å². The van der Waals surface area contributed by atoms with Gasteiger partial charge in [0, 0.05) is 12.6 Å². The number of nitrogens with two attached hydrogens (primary N) is 1. The van der Waals surface area contributed by atoms with Gasteiger partial charge in [0.1, 0.15) is 0 Å². The second kappa shape index (κ2) is 5.13. The van der Waals surface area contributed by atoms with Crippen LogP contribution in [0.2, 0.25) is 0 Å². The first-order valence-electron chi connectivity index (χ1n) is 6.06. The van der Waals surface area contributed by atoms with Crippen LogP contribution in [-0.4, -0.2) is 19.1 Å². The average molecular weight is 198 g/mol. The van der Waals surface area contributed by atoms with Crippen molar-refractivity contribution >= 4 is 0 Å². The standard InChI is InChI=1S/C12H26N2/c1-4-12(6-7-12)9-14-8-5-11(13)10(2)3/h10-11,14H,4-9,13H2,1-3H3. The molecule has 84 valence electrons. The lowest BCUT2D eigenvalue weighted by Gasteiger charge is -2.17. The van der Waals surface area contributed by atoms with E-state index >= 15 is 0 Å². The monoisotopic (exact) mass is 198 g/mol. The van der Waals surface area contributed by atoms with Crippen LogP contribution in [0.25, 0.3) is 0 Å². The van der Waals surface area contributed by atoms with Crippen LogP contribution < -0.4 is 11.1 Å². The van der Waals surface area contributed by atoms with Crippen molar-refractivity contribution in [2.75, 3.05) is 13.1 Å². The molecule has 1 aliphatic carbocycles. The second-order valence-electron chi connectivity index (χ2n) is 5.23. The highest BCUT2D eigenvalue weighted by molar-refractivity contribution is 4.93. The molecule has 0 aromatic carbocycles. The molecule has 1 atom stereocenters. The van der Waals surface area contributed by atoms with Gasteiger partial charge in [0.05, 0.1) is 0 Å². The van der Waals surface area contributed by atoms with E-state index in [1.165, 1.54) is 25.8 Å². The number of hydrogen-bond donors (Lipinski definition) is 2. The largest absolute Gasteiger partial charge is 0.327 e. The van der Waals surface area contributed by atoms with Crippen LogP contribution in [-0.2, 0) is 0 Å². The Morgan fingerprint density at radius 3 is 2.43 bits per heavy atom. The fourth-order valence-electron chi connectivity index (χ4n) is 1.79. The molecule has 14 heavy (non-hydrogen) atoms. The second-order valence-corrected chi connectivity index (χ2v) is 5.23. The highest BCUT2D eigenvalue weighted by Crippen LogP contribution is 2.47. The van der Waals surface area contributed by atoms with Crippen molar-refractivity contribution in [2.45, 2.75) is 52.5 Å². The molecule has 1 rings (SSSR count). The summed E-state index contributed by atoms with van der Waals surface area (Å²) >= 11 is 0. The first kappa shape index (κ1) is 12.0. The Hall–Kier alpha value is -0.0800. The lowest BCUT2D eigenvalue weighted by atomic mass is 10.0. The van der Waals surface area contributed by atoms with Crippen molar-refractivity contribution in [3.05, 3.63) is 0 Å². The molecule has 2 heteroatoms. The summed E-state index contributed by atoms with van der Waals surface area (Å²) in [6.07, 6.45) is 5.28. The van der Waals surface area contributed by atoms with Gasteiger partial charge in [-0.25, -0.2) is 0 Å². The van der Waals surface area contributed by atoms with Crippen molar-refractivity contribution in [1.29, 1.82) is 0 Å². The van der Waals surface area contributed by atoms with E-state index in [4.69, 9.17) is 5.73 Å². The number of hydrogen-bond acceptors (Lipinski definition) is 2. The fraction of sp³-hybridized carbons (Fsp3) is 1.00. The van der Waals surface area contributed by atoms with E-state index in [1.807, 2.05) is 0 Å². The van der Waals surface area contributed by atoms with Gasteiger partial charge in [-0.05, 0) is 43.6 Å². The van der Waals surface area contributed by atoms with Crippen molar-refractivity contribution in [3.8, 4) is 0 Å². The molecule has 3 N–H and O–H groups in total. The van der Waals surface area contributed by atoms with Crippen molar-refractivity contribution in [3.63, 3.8) is 0 Å². The summed E-state index contributed by atoms with van der Waals surface area (Å²) in [7, 11) is 0. The fourth-order valence-corrected chi connectivity index (χ4v) is 1.79. The summed E-state index contributed by atoms with van der Waals surface area (Å²) in [5, 5.41) is 3.54. The van der Waals surface area contributed by atoms with E-state index in [0.717, 1.165) is 13.0 Å². The maximum absolute atomic E-state index is 5.97. The third-order valence-corrected chi connectivity index (χ3v) is 3.72. The first-order chi connectivity index (χ1) is 6.59. The molecule has 1 saturated carbocycles. The first-order valence-corrected chi connectivity index (χ1v) is 6.06. The van der Waals surface area contributed by atoms with Gasteiger partial charge in [0.15, 0.2) is 0 Å². The molecule has 0 aromatic rings. The molecular weight excluding hydrogens is 172 g/mol. The van der Waals surface area contributed by atoms with Gasteiger partial charge in [-0.15, -0.1) is 0 Å². The van der Waals surface area contributed by atoms with Crippen LogP contribution >= 0.6 is 0 Å². The van der Waals surface area contributed by atoms with Gasteiger partial charge in [0.25, 0.3) is 0 Å². The van der Waals surface area contributed by atoms with Crippen molar-refractivity contribution in [1.82, 2.24) is 5.32 Å². The lowest BCUT2D eigenvalue weighted by Crippen LogP contribution is -2.32. The van der Waals surface area contributed by atoms with Crippen LogP contribution in [0.5, 0.6) is 0 Å². The summed E-state index contributed by atoms with van der Waals surface area (Å²) < 4.78 is 0. The predicted octanol–water partition coefficient (Wildman–Crippen LogP) is 2.14. The van der Waals surface area contributed by atoms with Gasteiger partial charge >= 0.3 is 0 Å². The maximum Gasteiger partial charge on any atom is 0.00739 e. The Labute approximate surface area is 88.6 Å². The molecule has 0 spiro atoms. The lowest BCUT2D eigenvalue weighted by molar-refractivity contribution is 0.409. The Balaban J connectivity index is 1.99. The Morgan fingerprint density at radius 1 is 1.36 bits per heavy atom. The molecular formula is C12H26N2. The predicted molar refractivity (Wildman–Crippen MR) is 62.3 cm³/mol. The Bertz CT molecular complexity index is 162. The van der Waals surface area contributed by atoms with E-state index in [-0.39, 0.29) is 0 Å². The summed E-state index contributed by atoms with van der Waals surface area (Å²) in [4.78, 5) is 0. The Morgan fingerprint density at radius 2 is 2.00 bits per heavy atom. The quantitative estimate of drug-likeness (QED) is 0.615. The topological polar surface area (TPSA) is 38.0 Å². The molecule has 0 heterocycles. The van der Waals surface area contributed by atoms with Crippen molar-refractivity contribution in [2.24, 2.45) is 17.1 Å². The molecule has 0 saturated heterocycles. The zero-order valence-corrected chi connectivity index (χ0v) is 9.97. The molecule has 1 fully saturated rings. The van der Waals surface area contributed by atoms with Gasteiger partial charge in [-0.3, -0.25) is 0 Å². The maximum atomic E-state index is 5.97. The number of nitrogens with one attached hydrogen (secondary N) is 1. The molecule has 0 aliphatic heterocycles. The van der Waals surface area contributed by atoms with E-state index in [2.05, 4.69) is 26.1 Å². The van der Waals surface area contributed by atoms with E-state index in [0.29, 0.717) is 17.4 Å². The molecule has 2 nitrogen and oxygen atoms in total. The SMILES string of the molecule is CCC1(CNCCC(N)C(C)C)CC1. The number of rotatable bonds is 7. The molecule has 0 radical (unpaired) electrons. The Kier molecular flexibility index (Phi) is 4.39. The zero-order valence-electron chi connectivity index (χ0n) is 9.97. The smallest absolute Gasteiger partial charge is 0.00739 e. The summed E-state index contributed by atoms with van der Waals surface area (Å²) in [6.45, 7) is 8.97. The highest BCUT2D eigenvalue weighted by Gasteiger charge is 2.39. The van der Waals surface area contributed by atoms with Crippen LogP contribution in [0.3, 0.4) is 0 Å². The molecule has 0 bridgehead atoms. The van der Waals surface area contributed by atoms with Crippen LogP contribution in [0.4, 0.5) is 0 Å². The minimum Gasteiger partial charge on any atom is -0.327 e. The zero-order chi connectivity index (χ0) is 10.6. The molecule has 0 aromatic heterocycles. The summed E-state index contributed by atoms with van der Waals surface area (Å²) in [5.41, 5.74) is 6.64. The minimum absolute atomic E-state index is 0.360. The summed E-state index contributed by atoms with van der Waals surface area (Å²) in [6, 6.07) is 0.360. The third kappa shape index (κ3) is 3.58. The van der Waals surface area contributed by atoms with Gasteiger partial charge in [-0.1, -0.05) is 20.8 Å². The molecule has 0 amide bonds. The van der Waals surface area contributed by atoms with Gasteiger partial charge in [-0.2, -0.15) is 0 Å². The van der Waals surface area contributed by atoms with Crippen LogP contribution in [0.15, 0.2) is 0 Å². The van der Waals surface area contributed by atoms with E-state index in [1.54, 1.807) is 0 Å². The van der Waals surface area contributed by atoms with E-state index < -0.39 is 0 Å². The minimum atomic E-state index is 0.360. The molecule has 1 unspecified atom stereocenters. The van der Waals surface area contributed by atoms with Gasteiger partial charge < -0.3 is 11.1 Å². The van der Waals surface area contributed by atoms with Crippen LogP contribution in [0, 0.1) is 11.3 Å². The van der Waals surface area contributed by atoms with E-state index in [9.17, 15) is 0 Å². The average Bonchev–Trinajstić information content (AvgIpc) is 2.93. The summed E-state index contributed by atoms with van der Waals surface area (Å²) in [5.74, 6) is 0.609. The highest BCUT2D eigenvalue weighted by atomic mass is 14.9. The van der Waals surface area contributed by atoms with Crippen molar-refractivity contribution < 1.29 is 0 Å². The van der Waals surface area contributed by atoms with Crippen LogP contribution in [0.1, 0.15) is 46.5 Å². The third-order valence-electron chi connectivity index (χ3n) is 3.72. The normalized spacial score (nSPS) is 21.2. The molecule has 1 aliphatic rings.